The highest BCUT2D eigenvalue weighted by Crippen LogP contribution is 2.34. The van der Waals surface area contributed by atoms with Crippen molar-refractivity contribution in [3.8, 4) is 0 Å². The van der Waals surface area contributed by atoms with E-state index in [9.17, 15) is 24.3 Å². The van der Waals surface area contributed by atoms with Gasteiger partial charge in [-0.2, -0.15) is 23.5 Å². The Kier molecular flexibility index (Phi) is 11.1. The van der Waals surface area contributed by atoms with Gasteiger partial charge in [-0.3, -0.25) is 4.79 Å². The average molecular weight is 574 g/mol. The fourth-order valence-electron chi connectivity index (χ4n) is 5.40. The number of thioether (sulfide) groups is 2. The van der Waals surface area contributed by atoms with Crippen LogP contribution in [0, 0.1) is 0 Å². The zero-order chi connectivity index (χ0) is 26.9. The number of carboxylic acids is 1. The van der Waals surface area contributed by atoms with Gasteiger partial charge >= 0.3 is 18.0 Å². The molecule has 12 nitrogen and oxygen atoms in total. The second-order valence-corrected chi connectivity index (χ2v) is 12.6. The molecular weight excluding hydrogens is 534 g/mol. The van der Waals surface area contributed by atoms with E-state index in [4.69, 9.17) is 9.47 Å². The molecule has 0 aromatic heterocycles. The molecule has 4 fully saturated rings. The van der Waals surface area contributed by atoms with Crippen molar-refractivity contribution in [3.05, 3.63) is 0 Å². The minimum atomic E-state index is -0.985. The molecule has 0 radical (unpaired) electrons. The molecule has 6 N–H and O–H groups in total. The Morgan fingerprint density at radius 2 is 1.53 bits per heavy atom. The first-order valence-electron chi connectivity index (χ1n) is 13.5. The van der Waals surface area contributed by atoms with Gasteiger partial charge in [-0.15, -0.1) is 0 Å². The van der Waals surface area contributed by atoms with E-state index in [0.717, 1.165) is 37.2 Å². The lowest BCUT2D eigenvalue weighted by atomic mass is 10.0. The quantitative estimate of drug-likeness (QED) is 0.108. The van der Waals surface area contributed by atoms with Gasteiger partial charge in [0.05, 0.1) is 44.0 Å². The second-order valence-electron chi connectivity index (χ2n) is 10.1. The summed E-state index contributed by atoms with van der Waals surface area (Å²) in [6.07, 6.45) is 4.25. The zero-order valence-electron chi connectivity index (χ0n) is 21.4. The molecule has 0 spiro atoms. The molecule has 4 saturated heterocycles. The van der Waals surface area contributed by atoms with E-state index in [0.29, 0.717) is 42.9 Å². The first-order valence-corrected chi connectivity index (χ1v) is 15.6. The van der Waals surface area contributed by atoms with Crippen LogP contribution in [0.15, 0.2) is 0 Å². The third-order valence-electron chi connectivity index (χ3n) is 7.36. The van der Waals surface area contributed by atoms with Gasteiger partial charge in [-0.1, -0.05) is 6.42 Å². The summed E-state index contributed by atoms with van der Waals surface area (Å²) in [5.74, 6) is 0.826. The molecule has 1 unspecified atom stereocenters. The highest BCUT2D eigenvalue weighted by molar-refractivity contribution is 8.00. The fourth-order valence-corrected chi connectivity index (χ4v) is 8.49. The smallest absolute Gasteiger partial charge is 0.332 e. The van der Waals surface area contributed by atoms with Gasteiger partial charge < -0.3 is 41.2 Å². The normalized spacial score (nSPS) is 30.1. The number of carbonyl (C=O) groups excluding carboxylic acids is 3. The van der Waals surface area contributed by atoms with E-state index in [1.54, 1.807) is 0 Å². The summed E-state index contributed by atoms with van der Waals surface area (Å²) < 4.78 is 11.0. The van der Waals surface area contributed by atoms with Gasteiger partial charge in [0, 0.05) is 35.0 Å². The second kappa shape index (κ2) is 14.5. The van der Waals surface area contributed by atoms with Crippen molar-refractivity contribution < 1.29 is 33.8 Å². The number of nitrogens with one attached hydrogen (secondary N) is 5. The van der Waals surface area contributed by atoms with Crippen molar-refractivity contribution in [3.63, 3.8) is 0 Å². The summed E-state index contributed by atoms with van der Waals surface area (Å²) in [5, 5.41) is 24.8. The molecule has 0 aromatic carbocycles. The Morgan fingerprint density at radius 1 is 0.895 bits per heavy atom. The monoisotopic (exact) mass is 573 g/mol. The van der Waals surface area contributed by atoms with E-state index >= 15 is 0 Å². The summed E-state index contributed by atoms with van der Waals surface area (Å²) in [6.45, 7) is 1.16. The Morgan fingerprint density at radius 3 is 2.16 bits per heavy atom. The Balaban J connectivity index is 0.965. The first-order chi connectivity index (χ1) is 18.4. The van der Waals surface area contributed by atoms with Crippen LogP contribution in [0.1, 0.15) is 44.9 Å². The SMILES string of the molecule is O=C(CCCC[C@@H]1SC[C@@H]2NC(=O)N[C@@H]21)NCCOCCOC(CCC[C@@H]1SC[C@@H]2NC(=O)N[C@@H]21)C(=O)O. The Hall–Kier alpha value is -1.90. The van der Waals surface area contributed by atoms with Crippen LogP contribution in [0.4, 0.5) is 9.59 Å². The lowest BCUT2D eigenvalue weighted by molar-refractivity contribution is -0.152. The van der Waals surface area contributed by atoms with Crippen molar-refractivity contribution in [2.24, 2.45) is 0 Å². The fraction of sp³-hybridized carbons (Fsp3) is 0.833. The number of carboxylic acid groups (broad SMARTS) is 1. The van der Waals surface area contributed by atoms with Gasteiger partial charge in [0.25, 0.3) is 0 Å². The lowest BCUT2D eigenvalue weighted by Crippen LogP contribution is -2.37. The molecule has 214 valence electrons. The van der Waals surface area contributed by atoms with Gasteiger partial charge in [0.2, 0.25) is 5.91 Å². The number of urea groups is 2. The van der Waals surface area contributed by atoms with Crippen LogP contribution in [0.5, 0.6) is 0 Å². The van der Waals surface area contributed by atoms with E-state index < -0.39 is 12.1 Å². The number of fused-ring (bicyclic) bond motifs is 2. The Bertz CT molecular complexity index is 853. The number of ether oxygens (including phenoxy) is 2. The molecule has 0 saturated carbocycles. The van der Waals surface area contributed by atoms with Crippen molar-refractivity contribution in [1.82, 2.24) is 26.6 Å². The maximum atomic E-state index is 12.0. The average Bonchev–Trinajstić information content (AvgIpc) is 3.62. The first kappa shape index (κ1) is 29.1. The molecule has 4 aliphatic rings. The van der Waals surface area contributed by atoms with Crippen molar-refractivity contribution in [2.45, 2.75) is 85.7 Å². The minimum absolute atomic E-state index is 0.0109. The predicted molar refractivity (Wildman–Crippen MR) is 145 cm³/mol. The summed E-state index contributed by atoms with van der Waals surface area (Å²) in [5.41, 5.74) is 0. The number of hydrogen-bond acceptors (Lipinski definition) is 8. The molecule has 4 heterocycles. The van der Waals surface area contributed by atoms with E-state index in [-0.39, 0.29) is 55.4 Å². The number of hydrogen-bond donors (Lipinski definition) is 6. The van der Waals surface area contributed by atoms with Crippen LogP contribution in [-0.2, 0) is 19.1 Å². The topological polar surface area (TPSA) is 167 Å². The summed E-state index contributed by atoms with van der Waals surface area (Å²) >= 11 is 3.69. The van der Waals surface area contributed by atoms with Crippen LogP contribution in [0.25, 0.3) is 0 Å². The number of amides is 5. The van der Waals surface area contributed by atoms with Crippen molar-refractivity contribution in [2.75, 3.05) is 37.9 Å². The summed E-state index contributed by atoms with van der Waals surface area (Å²) in [7, 11) is 0. The molecule has 38 heavy (non-hydrogen) atoms. The number of carbonyl (C=O) groups is 4. The van der Waals surface area contributed by atoms with Crippen molar-refractivity contribution >= 4 is 47.5 Å². The molecular formula is C24H39N5O7S2. The summed E-state index contributed by atoms with van der Waals surface area (Å²) in [6, 6.07) is 0.510. The van der Waals surface area contributed by atoms with Crippen LogP contribution in [-0.4, -0.2) is 108 Å². The van der Waals surface area contributed by atoms with E-state index in [1.807, 2.05) is 23.5 Å². The molecule has 0 aliphatic carbocycles. The molecule has 14 heteroatoms. The maximum absolute atomic E-state index is 12.0. The third kappa shape index (κ3) is 8.30. The minimum Gasteiger partial charge on any atom is -0.479 e. The van der Waals surface area contributed by atoms with Gasteiger partial charge in [-0.25, -0.2) is 14.4 Å². The van der Waals surface area contributed by atoms with Crippen molar-refractivity contribution in [1.29, 1.82) is 0 Å². The largest absolute Gasteiger partial charge is 0.479 e. The number of aliphatic carboxylic acids is 1. The number of unbranched alkanes of at least 4 members (excludes halogenated alkanes) is 1. The Labute approximate surface area is 231 Å². The molecule has 4 aliphatic heterocycles. The predicted octanol–water partition coefficient (Wildman–Crippen LogP) is 0.651. The molecule has 7 atom stereocenters. The summed E-state index contributed by atoms with van der Waals surface area (Å²) in [4.78, 5) is 46.5. The van der Waals surface area contributed by atoms with Crippen LogP contribution in [0.2, 0.25) is 0 Å². The van der Waals surface area contributed by atoms with Gasteiger partial charge in [0.15, 0.2) is 6.10 Å². The van der Waals surface area contributed by atoms with E-state index in [2.05, 4.69) is 26.6 Å². The zero-order valence-corrected chi connectivity index (χ0v) is 23.1. The third-order valence-corrected chi connectivity index (χ3v) is 10.4. The molecule has 4 rings (SSSR count). The highest BCUT2D eigenvalue weighted by Gasteiger charge is 2.43. The van der Waals surface area contributed by atoms with Crippen LogP contribution < -0.4 is 26.6 Å². The standard InChI is InChI=1S/C24H39N5O7S2/c30-19(7-2-1-5-17-20-14(12-37-17)26-23(33)28-20)25-8-9-35-10-11-36-16(22(31)32)4-3-6-18-21-15(13-38-18)27-24(34)29-21/h14-18,20-21H,1-13H2,(H,25,30)(H,31,32)(H2,26,28,33)(H2,27,29,34)/t14-,15-,16?,17-,18-,20-,21-/m0/s1. The van der Waals surface area contributed by atoms with E-state index in [1.165, 1.54) is 0 Å². The lowest BCUT2D eigenvalue weighted by Gasteiger charge is -2.18. The molecule has 0 bridgehead atoms. The van der Waals surface area contributed by atoms with Crippen LogP contribution >= 0.6 is 23.5 Å². The maximum Gasteiger partial charge on any atom is 0.332 e. The molecule has 0 aromatic rings. The highest BCUT2D eigenvalue weighted by atomic mass is 32.2. The van der Waals surface area contributed by atoms with Gasteiger partial charge in [-0.05, 0) is 32.1 Å². The van der Waals surface area contributed by atoms with Crippen LogP contribution in [0.3, 0.4) is 0 Å². The molecule has 5 amide bonds. The van der Waals surface area contributed by atoms with Gasteiger partial charge in [0.1, 0.15) is 0 Å². The number of rotatable bonds is 17.